The molecule has 0 saturated heterocycles. The second-order valence-corrected chi connectivity index (χ2v) is 7.07. The van der Waals surface area contributed by atoms with Crippen molar-refractivity contribution in [3.63, 3.8) is 0 Å². The van der Waals surface area contributed by atoms with E-state index in [4.69, 9.17) is 9.88 Å². The van der Waals surface area contributed by atoms with Gasteiger partial charge in [-0.05, 0) is 41.3 Å². The molecule has 0 amide bonds. The molecular weight excluding hydrogens is 298 g/mol. The van der Waals surface area contributed by atoms with E-state index in [-0.39, 0.29) is 4.90 Å². The highest BCUT2D eigenvalue weighted by atomic mass is 32.2. The molecule has 0 aliphatic rings. The Morgan fingerprint density at radius 3 is 2.09 bits per heavy atom. The molecule has 0 unspecified atom stereocenters. The van der Waals surface area contributed by atoms with Crippen molar-refractivity contribution >= 4 is 10.0 Å². The van der Waals surface area contributed by atoms with Crippen LogP contribution in [0.25, 0.3) is 0 Å². The smallest absolute Gasteiger partial charge is 0.238 e. The number of primary sulfonamides is 1. The average Bonchev–Trinajstić information content (AvgIpc) is 2.47. The zero-order chi connectivity index (χ0) is 16.2. The second-order valence-electron chi connectivity index (χ2n) is 5.51. The normalized spacial score (nSPS) is 11.6. The largest absolute Gasteiger partial charge is 0.493 e. The minimum Gasteiger partial charge on any atom is -0.493 e. The first-order chi connectivity index (χ1) is 10.4. The van der Waals surface area contributed by atoms with Crippen molar-refractivity contribution in [2.75, 3.05) is 6.61 Å². The third kappa shape index (κ3) is 4.58. The van der Waals surface area contributed by atoms with Crippen LogP contribution in [0.4, 0.5) is 0 Å². The van der Waals surface area contributed by atoms with Crippen LogP contribution < -0.4 is 9.88 Å². The monoisotopic (exact) mass is 319 g/mol. The highest BCUT2D eigenvalue weighted by Crippen LogP contribution is 2.17. The highest BCUT2D eigenvalue weighted by Gasteiger charge is 2.07. The minimum atomic E-state index is -3.65. The van der Waals surface area contributed by atoms with E-state index in [0.29, 0.717) is 18.3 Å². The lowest BCUT2D eigenvalue weighted by Gasteiger charge is -2.09. The summed E-state index contributed by atoms with van der Waals surface area (Å²) >= 11 is 0. The molecule has 2 rings (SSSR count). The van der Waals surface area contributed by atoms with Crippen LogP contribution in [0.15, 0.2) is 53.4 Å². The first-order valence-electron chi connectivity index (χ1n) is 7.21. The van der Waals surface area contributed by atoms with Gasteiger partial charge in [-0.3, -0.25) is 0 Å². The van der Waals surface area contributed by atoms with Gasteiger partial charge in [0.25, 0.3) is 0 Å². The van der Waals surface area contributed by atoms with Crippen LogP contribution in [-0.2, 0) is 16.4 Å². The second kappa shape index (κ2) is 6.94. The van der Waals surface area contributed by atoms with Crippen LogP contribution in [0.5, 0.6) is 5.75 Å². The zero-order valence-corrected chi connectivity index (χ0v) is 13.6. The van der Waals surface area contributed by atoms with Gasteiger partial charge in [-0.15, -0.1) is 0 Å². The van der Waals surface area contributed by atoms with E-state index in [1.165, 1.54) is 23.3 Å². The zero-order valence-electron chi connectivity index (χ0n) is 12.8. The maximum Gasteiger partial charge on any atom is 0.238 e. The van der Waals surface area contributed by atoms with Crippen LogP contribution in [-0.4, -0.2) is 15.0 Å². The molecule has 0 aliphatic heterocycles. The number of hydrogen-bond donors (Lipinski definition) is 1. The van der Waals surface area contributed by atoms with Gasteiger partial charge >= 0.3 is 0 Å². The Kier molecular flexibility index (Phi) is 5.21. The summed E-state index contributed by atoms with van der Waals surface area (Å²) in [4.78, 5) is 0.0872. The summed E-state index contributed by atoms with van der Waals surface area (Å²) in [6.07, 6.45) is 0.801. The van der Waals surface area contributed by atoms with Crippen molar-refractivity contribution in [2.24, 2.45) is 5.14 Å². The molecule has 2 N–H and O–H groups in total. The first-order valence-corrected chi connectivity index (χ1v) is 8.75. The maximum absolute atomic E-state index is 11.2. The highest BCUT2D eigenvalue weighted by molar-refractivity contribution is 7.89. The van der Waals surface area contributed by atoms with Crippen molar-refractivity contribution in [1.82, 2.24) is 0 Å². The predicted octanol–water partition coefficient (Wildman–Crippen LogP) is 3.08. The number of rotatable bonds is 6. The van der Waals surface area contributed by atoms with Gasteiger partial charge in [0, 0.05) is 6.42 Å². The van der Waals surface area contributed by atoms with E-state index in [1.807, 2.05) is 0 Å². The van der Waals surface area contributed by atoms with E-state index in [2.05, 4.69) is 38.1 Å². The number of benzene rings is 2. The molecule has 0 bridgehead atoms. The topological polar surface area (TPSA) is 69.4 Å². The summed E-state index contributed by atoms with van der Waals surface area (Å²) in [5, 5.41) is 5.05. The predicted molar refractivity (Wildman–Crippen MR) is 87.5 cm³/mol. The van der Waals surface area contributed by atoms with E-state index >= 15 is 0 Å². The molecule has 0 fully saturated rings. The van der Waals surface area contributed by atoms with Crippen molar-refractivity contribution in [2.45, 2.75) is 31.1 Å². The Hall–Kier alpha value is -1.85. The summed E-state index contributed by atoms with van der Waals surface area (Å²) in [5.74, 6) is 1.16. The van der Waals surface area contributed by atoms with Crippen LogP contribution in [0.3, 0.4) is 0 Å². The summed E-state index contributed by atoms with van der Waals surface area (Å²) in [6, 6.07) is 14.6. The fourth-order valence-corrected chi connectivity index (χ4v) is 2.60. The molecule has 0 radical (unpaired) electrons. The molecule has 2 aromatic carbocycles. The molecule has 0 heterocycles. The quantitative estimate of drug-likeness (QED) is 0.889. The Bertz CT molecular complexity index is 705. The van der Waals surface area contributed by atoms with Gasteiger partial charge < -0.3 is 4.74 Å². The van der Waals surface area contributed by atoms with Gasteiger partial charge in [0.05, 0.1) is 11.5 Å². The molecule has 118 valence electrons. The Balaban J connectivity index is 1.88. The minimum absolute atomic E-state index is 0.0872. The van der Waals surface area contributed by atoms with E-state index < -0.39 is 10.0 Å². The fourth-order valence-electron chi connectivity index (χ4n) is 2.08. The first kappa shape index (κ1) is 16.5. The molecular formula is C17H21NO3S. The van der Waals surface area contributed by atoms with Crippen LogP contribution in [0.1, 0.15) is 30.9 Å². The van der Waals surface area contributed by atoms with Crippen molar-refractivity contribution in [1.29, 1.82) is 0 Å². The van der Waals surface area contributed by atoms with Gasteiger partial charge in [-0.1, -0.05) is 38.1 Å². The van der Waals surface area contributed by atoms with Crippen molar-refractivity contribution in [3.05, 3.63) is 59.7 Å². The van der Waals surface area contributed by atoms with Gasteiger partial charge in [-0.2, -0.15) is 0 Å². The SMILES string of the molecule is CC(C)c1ccc(CCOc2ccc(S(N)(=O)=O)cc2)cc1. The molecule has 0 spiro atoms. The molecule has 22 heavy (non-hydrogen) atoms. The van der Waals surface area contributed by atoms with Crippen molar-refractivity contribution in [3.8, 4) is 5.75 Å². The fraction of sp³-hybridized carbons (Fsp3) is 0.294. The summed E-state index contributed by atoms with van der Waals surface area (Å²) in [5.41, 5.74) is 2.54. The Morgan fingerprint density at radius 1 is 1.00 bits per heavy atom. The van der Waals surface area contributed by atoms with Gasteiger partial charge in [0.2, 0.25) is 10.0 Å². The van der Waals surface area contributed by atoms with Crippen molar-refractivity contribution < 1.29 is 13.2 Å². The van der Waals surface area contributed by atoms with Crippen LogP contribution in [0, 0.1) is 0 Å². The lowest BCUT2D eigenvalue weighted by atomic mass is 10.0. The van der Waals surface area contributed by atoms with E-state index in [0.717, 1.165) is 6.42 Å². The molecule has 0 atom stereocenters. The third-order valence-corrected chi connectivity index (χ3v) is 4.39. The Labute approximate surface area is 132 Å². The number of sulfonamides is 1. The lowest BCUT2D eigenvalue weighted by Crippen LogP contribution is -2.11. The van der Waals surface area contributed by atoms with Gasteiger partial charge in [0.15, 0.2) is 0 Å². The van der Waals surface area contributed by atoms with Gasteiger partial charge in [0.1, 0.15) is 5.75 Å². The molecule has 2 aromatic rings. The molecule has 0 saturated carbocycles. The summed E-state index contributed by atoms with van der Waals surface area (Å²) in [6.45, 7) is 4.88. The number of ether oxygens (including phenoxy) is 1. The van der Waals surface area contributed by atoms with E-state index in [9.17, 15) is 8.42 Å². The van der Waals surface area contributed by atoms with Crippen LogP contribution >= 0.6 is 0 Å². The summed E-state index contributed by atoms with van der Waals surface area (Å²) in [7, 11) is -3.65. The standard InChI is InChI=1S/C17H21NO3S/c1-13(2)15-5-3-14(4-6-15)11-12-21-16-7-9-17(10-8-16)22(18,19)20/h3-10,13H,11-12H2,1-2H3,(H2,18,19,20). The average molecular weight is 319 g/mol. The Morgan fingerprint density at radius 2 is 1.59 bits per heavy atom. The van der Waals surface area contributed by atoms with E-state index in [1.54, 1.807) is 12.1 Å². The molecule has 4 nitrogen and oxygen atoms in total. The molecule has 5 heteroatoms. The number of nitrogens with two attached hydrogens (primary N) is 1. The third-order valence-electron chi connectivity index (χ3n) is 3.46. The lowest BCUT2D eigenvalue weighted by molar-refractivity contribution is 0.321. The molecule has 0 aliphatic carbocycles. The van der Waals surface area contributed by atoms with Gasteiger partial charge in [-0.25, -0.2) is 13.6 Å². The molecule has 0 aromatic heterocycles. The maximum atomic E-state index is 11.2. The van der Waals surface area contributed by atoms with Crippen LogP contribution in [0.2, 0.25) is 0 Å². The summed E-state index contributed by atoms with van der Waals surface area (Å²) < 4.78 is 27.9. The number of hydrogen-bond acceptors (Lipinski definition) is 3.